The van der Waals surface area contributed by atoms with Gasteiger partial charge in [0.2, 0.25) is 0 Å². The molecule has 6 heteroatoms. The van der Waals surface area contributed by atoms with E-state index in [9.17, 15) is 9.59 Å². The van der Waals surface area contributed by atoms with E-state index < -0.39 is 0 Å². The fourth-order valence-corrected chi connectivity index (χ4v) is 3.44. The van der Waals surface area contributed by atoms with Crippen molar-refractivity contribution in [1.82, 2.24) is 20.4 Å². The molecule has 2 amide bonds. The molecule has 0 aliphatic carbocycles. The van der Waals surface area contributed by atoms with Gasteiger partial charge in [-0.15, -0.1) is 0 Å². The number of amides is 2. The van der Waals surface area contributed by atoms with Gasteiger partial charge in [-0.05, 0) is 63.3 Å². The first kappa shape index (κ1) is 24.1. The summed E-state index contributed by atoms with van der Waals surface area (Å²) in [6.07, 6.45) is 0. The van der Waals surface area contributed by atoms with Crippen LogP contribution >= 0.6 is 0 Å². The summed E-state index contributed by atoms with van der Waals surface area (Å²) in [5.74, 6) is -0.239. The number of rotatable bonds is 10. The van der Waals surface area contributed by atoms with E-state index in [-0.39, 0.29) is 22.6 Å². The molecule has 0 spiro atoms. The molecule has 0 bridgehead atoms. The second-order valence-corrected chi connectivity index (χ2v) is 9.75. The minimum absolute atomic E-state index is 0.0155. The Labute approximate surface area is 170 Å². The van der Waals surface area contributed by atoms with Crippen LogP contribution in [0.5, 0.6) is 0 Å². The Hall–Kier alpha value is -1.92. The van der Waals surface area contributed by atoms with Gasteiger partial charge in [0, 0.05) is 37.3 Å². The Bertz CT molecular complexity index is 592. The van der Waals surface area contributed by atoms with Crippen LogP contribution in [-0.4, -0.2) is 76.0 Å². The van der Waals surface area contributed by atoms with Gasteiger partial charge in [-0.1, -0.05) is 27.7 Å². The summed E-state index contributed by atoms with van der Waals surface area (Å²) >= 11 is 0. The van der Waals surface area contributed by atoms with E-state index in [1.165, 1.54) is 0 Å². The Kier molecular flexibility index (Phi) is 8.64. The third-order valence-electron chi connectivity index (χ3n) is 4.35. The molecule has 0 aromatic heterocycles. The van der Waals surface area contributed by atoms with E-state index >= 15 is 0 Å². The van der Waals surface area contributed by atoms with Crippen LogP contribution in [0.4, 0.5) is 0 Å². The number of nitrogens with zero attached hydrogens (tertiary/aromatic N) is 2. The molecule has 0 fully saturated rings. The van der Waals surface area contributed by atoms with Crippen LogP contribution in [0.1, 0.15) is 48.4 Å². The number of hydrogen-bond donors (Lipinski definition) is 2. The molecule has 28 heavy (non-hydrogen) atoms. The molecule has 0 saturated heterocycles. The van der Waals surface area contributed by atoms with Crippen molar-refractivity contribution >= 4 is 11.8 Å². The number of carbonyl (C=O) groups excluding carboxylic acids is 2. The molecule has 2 N–H and O–H groups in total. The first-order chi connectivity index (χ1) is 12.8. The number of benzene rings is 1. The van der Waals surface area contributed by atoms with Crippen molar-refractivity contribution in [2.24, 2.45) is 10.8 Å². The van der Waals surface area contributed by atoms with Gasteiger partial charge in [-0.25, -0.2) is 0 Å². The molecular formula is C22H38N4O2. The number of nitrogens with one attached hydrogen (secondary N) is 2. The third kappa shape index (κ3) is 8.85. The van der Waals surface area contributed by atoms with Gasteiger partial charge >= 0.3 is 0 Å². The van der Waals surface area contributed by atoms with Crippen molar-refractivity contribution in [3.63, 3.8) is 0 Å². The third-order valence-corrected chi connectivity index (χ3v) is 4.35. The second-order valence-electron chi connectivity index (χ2n) is 9.75. The molecule has 0 aliphatic rings. The smallest absolute Gasteiger partial charge is 0.251 e. The number of carbonyl (C=O) groups is 2. The molecular weight excluding hydrogens is 352 g/mol. The maximum atomic E-state index is 12.4. The average Bonchev–Trinajstić information content (AvgIpc) is 2.55. The van der Waals surface area contributed by atoms with Crippen LogP contribution in [0.15, 0.2) is 24.3 Å². The summed E-state index contributed by atoms with van der Waals surface area (Å²) in [5, 5.41) is 5.97. The molecule has 158 valence electrons. The van der Waals surface area contributed by atoms with E-state index in [4.69, 9.17) is 0 Å². The lowest BCUT2D eigenvalue weighted by atomic mass is 9.92. The van der Waals surface area contributed by atoms with E-state index in [0.29, 0.717) is 24.2 Å². The molecule has 0 heterocycles. The fraction of sp³-hybridized carbons (Fsp3) is 0.636. The fourth-order valence-electron chi connectivity index (χ4n) is 3.44. The largest absolute Gasteiger partial charge is 0.351 e. The van der Waals surface area contributed by atoms with E-state index in [2.05, 4.69) is 48.1 Å². The van der Waals surface area contributed by atoms with Gasteiger partial charge in [-0.3, -0.25) is 9.59 Å². The van der Waals surface area contributed by atoms with E-state index in [0.717, 1.165) is 13.1 Å². The lowest BCUT2D eigenvalue weighted by Crippen LogP contribution is -2.40. The summed E-state index contributed by atoms with van der Waals surface area (Å²) < 4.78 is 0. The number of hydrogen-bond acceptors (Lipinski definition) is 4. The van der Waals surface area contributed by atoms with Crippen LogP contribution in [0.25, 0.3) is 0 Å². The average molecular weight is 391 g/mol. The first-order valence-electron chi connectivity index (χ1n) is 9.77. The van der Waals surface area contributed by atoms with Crippen molar-refractivity contribution in [1.29, 1.82) is 0 Å². The quantitative estimate of drug-likeness (QED) is 0.644. The van der Waals surface area contributed by atoms with Crippen molar-refractivity contribution in [2.45, 2.75) is 27.7 Å². The molecule has 1 rings (SSSR count). The zero-order valence-electron chi connectivity index (χ0n) is 18.8. The highest BCUT2D eigenvalue weighted by Crippen LogP contribution is 2.16. The summed E-state index contributed by atoms with van der Waals surface area (Å²) in [6, 6.07) is 6.81. The second kappa shape index (κ2) is 10.0. The molecule has 1 aromatic carbocycles. The van der Waals surface area contributed by atoms with Gasteiger partial charge in [-0.2, -0.15) is 0 Å². The van der Waals surface area contributed by atoms with Crippen molar-refractivity contribution in [2.75, 3.05) is 54.4 Å². The first-order valence-corrected chi connectivity index (χ1v) is 9.77. The van der Waals surface area contributed by atoms with Gasteiger partial charge < -0.3 is 20.4 Å². The van der Waals surface area contributed by atoms with Gasteiger partial charge in [0.1, 0.15) is 0 Å². The summed E-state index contributed by atoms with van der Waals surface area (Å²) in [4.78, 5) is 29.0. The zero-order valence-corrected chi connectivity index (χ0v) is 18.8. The molecule has 0 unspecified atom stereocenters. The Morgan fingerprint density at radius 3 is 1.25 bits per heavy atom. The SMILES string of the molecule is CN(C)CC(C)(C)CNC(=O)c1ccc(C(=O)NCC(C)(C)CN(C)C)cc1. The van der Waals surface area contributed by atoms with E-state index in [1.54, 1.807) is 24.3 Å². The van der Waals surface area contributed by atoms with Crippen LogP contribution in [-0.2, 0) is 0 Å². The highest BCUT2D eigenvalue weighted by molar-refractivity contribution is 5.97. The van der Waals surface area contributed by atoms with Crippen LogP contribution in [0, 0.1) is 10.8 Å². The minimum Gasteiger partial charge on any atom is -0.351 e. The Balaban J connectivity index is 2.60. The van der Waals surface area contributed by atoms with Crippen LogP contribution in [0.3, 0.4) is 0 Å². The van der Waals surface area contributed by atoms with E-state index in [1.807, 2.05) is 28.2 Å². The van der Waals surface area contributed by atoms with Crippen molar-refractivity contribution in [3.05, 3.63) is 35.4 Å². The predicted molar refractivity (Wildman–Crippen MR) is 116 cm³/mol. The molecule has 0 radical (unpaired) electrons. The monoisotopic (exact) mass is 390 g/mol. The lowest BCUT2D eigenvalue weighted by molar-refractivity contribution is 0.0918. The van der Waals surface area contributed by atoms with Crippen molar-refractivity contribution < 1.29 is 9.59 Å². The summed E-state index contributed by atoms with van der Waals surface area (Å²) in [7, 11) is 8.09. The zero-order chi connectivity index (χ0) is 21.5. The van der Waals surface area contributed by atoms with Crippen LogP contribution in [0.2, 0.25) is 0 Å². The van der Waals surface area contributed by atoms with Crippen LogP contribution < -0.4 is 10.6 Å². The minimum atomic E-state index is -0.120. The maximum Gasteiger partial charge on any atom is 0.251 e. The van der Waals surface area contributed by atoms with Crippen molar-refractivity contribution in [3.8, 4) is 0 Å². The predicted octanol–water partition coefficient (Wildman–Crippen LogP) is 2.32. The molecule has 6 nitrogen and oxygen atoms in total. The Morgan fingerprint density at radius 1 is 0.714 bits per heavy atom. The normalized spacial score (nSPS) is 12.4. The lowest BCUT2D eigenvalue weighted by Gasteiger charge is -2.28. The summed E-state index contributed by atoms with van der Waals surface area (Å²) in [6.45, 7) is 11.4. The highest BCUT2D eigenvalue weighted by atomic mass is 16.2. The topological polar surface area (TPSA) is 64.7 Å². The highest BCUT2D eigenvalue weighted by Gasteiger charge is 2.21. The van der Waals surface area contributed by atoms with Gasteiger partial charge in [0.05, 0.1) is 0 Å². The molecule has 0 aliphatic heterocycles. The summed E-state index contributed by atoms with van der Waals surface area (Å²) in [5.41, 5.74) is 1.09. The Morgan fingerprint density at radius 2 is 1.00 bits per heavy atom. The molecule has 0 atom stereocenters. The van der Waals surface area contributed by atoms with Gasteiger partial charge in [0.15, 0.2) is 0 Å². The molecule has 0 saturated carbocycles. The molecule has 1 aromatic rings. The van der Waals surface area contributed by atoms with Gasteiger partial charge in [0.25, 0.3) is 11.8 Å². The standard InChI is InChI=1S/C22H38N4O2/c1-21(2,15-25(5)6)13-23-19(27)17-9-11-18(12-10-17)20(28)24-14-22(3,4)16-26(7)8/h9-12H,13-16H2,1-8H3,(H,23,27)(H,24,28). The maximum absolute atomic E-state index is 12.4.